The van der Waals surface area contributed by atoms with Crippen LogP contribution in [0.15, 0.2) is 48.0 Å². The van der Waals surface area contributed by atoms with Crippen molar-refractivity contribution in [2.24, 2.45) is 0 Å². The van der Waals surface area contributed by atoms with Gasteiger partial charge in [0, 0.05) is 43.9 Å². The first-order valence-electron chi connectivity index (χ1n) is 11.3. The molecule has 0 bridgehead atoms. The third-order valence-corrected chi connectivity index (χ3v) is 6.41. The Labute approximate surface area is 202 Å². The molecule has 2 aliphatic heterocycles. The first-order valence-corrected chi connectivity index (χ1v) is 11.3. The number of nitro benzene ring substituents is 1. The highest BCUT2D eigenvalue weighted by Crippen LogP contribution is 2.40. The van der Waals surface area contributed by atoms with Gasteiger partial charge in [-0.25, -0.2) is 0 Å². The Balaban J connectivity index is 1.77. The molecule has 184 valence electrons. The number of hydrogen-bond acceptors (Lipinski definition) is 8. The number of benzene rings is 2. The number of ether oxygens (including phenoxy) is 2. The number of aliphatic hydroxyl groups excluding tert-OH is 1. The number of carbonyl (C=O) groups excluding carboxylic acids is 2. The number of aliphatic hydroxyl groups is 1. The number of amides is 1. The van der Waals surface area contributed by atoms with E-state index in [0.717, 1.165) is 13.1 Å². The van der Waals surface area contributed by atoms with Crippen LogP contribution in [0.3, 0.4) is 0 Å². The van der Waals surface area contributed by atoms with E-state index in [4.69, 9.17) is 9.47 Å². The summed E-state index contributed by atoms with van der Waals surface area (Å²) in [6.07, 6.45) is 0. The molecule has 0 saturated carbocycles. The molecule has 2 fully saturated rings. The van der Waals surface area contributed by atoms with Crippen molar-refractivity contribution in [1.82, 2.24) is 9.80 Å². The van der Waals surface area contributed by atoms with E-state index in [1.54, 1.807) is 25.1 Å². The van der Waals surface area contributed by atoms with Gasteiger partial charge in [-0.2, -0.15) is 0 Å². The SMILES string of the molecule is COc1ccc(C(O)=C2C(=O)C(=O)N(CCN3CCOCC3)[C@H]2c2ccc([N+](=O)[O-])cc2)c(C)c1. The van der Waals surface area contributed by atoms with Crippen molar-refractivity contribution in [3.63, 3.8) is 0 Å². The first kappa shape index (κ1) is 24.4. The summed E-state index contributed by atoms with van der Waals surface area (Å²) in [4.78, 5) is 40.5. The van der Waals surface area contributed by atoms with E-state index in [1.165, 1.54) is 36.3 Å². The van der Waals surface area contributed by atoms with Crippen LogP contribution in [0.5, 0.6) is 5.75 Å². The van der Waals surface area contributed by atoms with E-state index < -0.39 is 22.7 Å². The molecular formula is C25H27N3O7. The molecule has 10 nitrogen and oxygen atoms in total. The van der Waals surface area contributed by atoms with E-state index in [2.05, 4.69) is 4.90 Å². The van der Waals surface area contributed by atoms with Gasteiger partial charge >= 0.3 is 0 Å². The normalized spacial score (nSPS) is 20.3. The number of methoxy groups -OCH3 is 1. The predicted molar refractivity (Wildman–Crippen MR) is 127 cm³/mol. The lowest BCUT2D eigenvalue weighted by molar-refractivity contribution is -0.384. The zero-order chi connectivity index (χ0) is 25.1. The number of morpholine rings is 1. The zero-order valence-electron chi connectivity index (χ0n) is 19.6. The standard InChI is InChI=1S/C25H27N3O7/c1-16-15-19(34-2)7-8-20(16)23(29)21-22(17-3-5-18(6-4-17)28(32)33)27(25(31)24(21)30)10-9-26-11-13-35-14-12-26/h3-8,15,22,29H,9-14H2,1-2H3/t22-/m0/s1. The zero-order valence-corrected chi connectivity index (χ0v) is 19.6. The number of likely N-dealkylation sites (tertiary alicyclic amines) is 1. The van der Waals surface area contributed by atoms with Crippen molar-refractivity contribution in [3.8, 4) is 5.75 Å². The molecule has 2 aliphatic rings. The number of hydrogen-bond donors (Lipinski definition) is 1. The average molecular weight is 482 g/mol. The van der Waals surface area contributed by atoms with E-state index in [-0.39, 0.29) is 23.6 Å². The second-order valence-electron chi connectivity index (χ2n) is 8.48. The molecular weight excluding hydrogens is 454 g/mol. The van der Waals surface area contributed by atoms with Gasteiger partial charge in [0.1, 0.15) is 11.5 Å². The lowest BCUT2D eigenvalue weighted by atomic mass is 9.93. The van der Waals surface area contributed by atoms with Crippen LogP contribution in [-0.2, 0) is 14.3 Å². The first-order chi connectivity index (χ1) is 16.8. The van der Waals surface area contributed by atoms with Crippen molar-refractivity contribution >= 4 is 23.1 Å². The lowest BCUT2D eigenvalue weighted by Crippen LogP contribution is -2.42. The molecule has 2 aromatic rings. The highest BCUT2D eigenvalue weighted by atomic mass is 16.6. The Bertz CT molecular complexity index is 1170. The maximum atomic E-state index is 13.2. The van der Waals surface area contributed by atoms with Crippen molar-refractivity contribution < 1.29 is 29.1 Å². The van der Waals surface area contributed by atoms with Gasteiger partial charge in [0.25, 0.3) is 17.4 Å². The van der Waals surface area contributed by atoms with Gasteiger partial charge in [-0.1, -0.05) is 0 Å². The van der Waals surface area contributed by atoms with Crippen molar-refractivity contribution in [3.05, 3.63) is 74.8 Å². The molecule has 10 heteroatoms. The van der Waals surface area contributed by atoms with Crippen molar-refractivity contribution in [2.75, 3.05) is 46.5 Å². The van der Waals surface area contributed by atoms with Gasteiger partial charge in [-0.15, -0.1) is 0 Å². The fourth-order valence-corrected chi connectivity index (χ4v) is 4.48. The van der Waals surface area contributed by atoms with Crippen LogP contribution < -0.4 is 4.74 Å². The van der Waals surface area contributed by atoms with Crippen LogP contribution in [0, 0.1) is 17.0 Å². The highest BCUT2D eigenvalue weighted by Gasteiger charge is 2.46. The average Bonchev–Trinajstić information content (AvgIpc) is 3.12. The van der Waals surface area contributed by atoms with Crippen LogP contribution in [-0.4, -0.2) is 78.0 Å². The molecule has 1 atom stereocenters. The fourth-order valence-electron chi connectivity index (χ4n) is 4.48. The number of Topliss-reactive ketones (excluding diaryl/α,β-unsaturated/α-hetero) is 1. The summed E-state index contributed by atoms with van der Waals surface area (Å²) in [5.41, 5.74) is 1.43. The van der Waals surface area contributed by atoms with Gasteiger partial charge in [0.05, 0.1) is 36.9 Å². The molecule has 4 rings (SSSR count). The molecule has 1 amide bonds. The number of ketones is 1. The molecule has 35 heavy (non-hydrogen) atoms. The van der Waals surface area contributed by atoms with Gasteiger partial charge in [-0.3, -0.25) is 24.6 Å². The second kappa shape index (κ2) is 10.2. The smallest absolute Gasteiger partial charge is 0.295 e. The summed E-state index contributed by atoms with van der Waals surface area (Å²) >= 11 is 0. The fraction of sp³-hybridized carbons (Fsp3) is 0.360. The largest absolute Gasteiger partial charge is 0.507 e. The topological polar surface area (TPSA) is 122 Å². The summed E-state index contributed by atoms with van der Waals surface area (Å²) in [6.45, 7) is 5.19. The summed E-state index contributed by atoms with van der Waals surface area (Å²) in [7, 11) is 1.53. The van der Waals surface area contributed by atoms with E-state index in [1.807, 2.05) is 0 Å². The summed E-state index contributed by atoms with van der Waals surface area (Å²) in [6, 6.07) is 9.85. The Hall–Kier alpha value is -3.76. The Morgan fingerprint density at radius 3 is 2.43 bits per heavy atom. The van der Waals surface area contributed by atoms with Gasteiger partial charge < -0.3 is 19.5 Å². The molecule has 2 saturated heterocycles. The second-order valence-corrected chi connectivity index (χ2v) is 8.48. The number of carbonyl (C=O) groups is 2. The van der Waals surface area contributed by atoms with Crippen LogP contribution in [0.2, 0.25) is 0 Å². The van der Waals surface area contributed by atoms with Gasteiger partial charge in [0.2, 0.25) is 0 Å². The third kappa shape index (κ3) is 4.89. The Morgan fingerprint density at radius 2 is 1.83 bits per heavy atom. The van der Waals surface area contributed by atoms with Gasteiger partial charge in [0.15, 0.2) is 0 Å². The maximum Gasteiger partial charge on any atom is 0.295 e. The van der Waals surface area contributed by atoms with Gasteiger partial charge in [-0.05, 0) is 48.4 Å². The van der Waals surface area contributed by atoms with E-state index >= 15 is 0 Å². The molecule has 0 spiro atoms. The Kier molecular flexibility index (Phi) is 7.13. The summed E-state index contributed by atoms with van der Waals surface area (Å²) < 4.78 is 10.6. The minimum atomic E-state index is -0.877. The molecule has 0 radical (unpaired) electrons. The summed E-state index contributed by atoms with van der Waals surface area (Å²) in [5.74, 6) is -1.20. The quantitative estimate of drug-likeness (QED) is 0.211. The number of aryl methyl sites for hydroxylation is 1. The minimum Gasteiger partial charge on any atom is -0.507 e. The van der Waals surface area contributed by atoms with E-state index in [0.29, 0.717) is 42.2 Å². The molecule has 0 aliphatic carbocycles. The van der Waals surface area contributed by atoms with Crippen LogP contribution >= 0.6 is 0 Å². The Morgan fingerprint density at radius 1 is 1.14 bits per heavy atom. The summed E-state index contributed by atoms with van der Waals surface area (Å²) in [5, 5.41) is 22.4. The molecule has 2 heterocycles. The molecule has 2 aromatic carbocycles. The van der Waals surface area contributed by atoms with Crippen LogP contribution in [0.1, 0.15) is 22.7 Å². The van der Waals surface area contributed by atoms with Crippen LogP contribution in [0.25, 0.3) is 5.76 Å². The van der Waals surface area contributed by atoms with E-state index in [9.17, 15) is 24.8 Å². The molecule has 1 N–H and O–H groups in total. The number of nitrogens with zero attached hydrogens (tertiary/aromatic N) is 3. The van der Waals surface area contributed by atoms with Crippen molar-refractivity contribution in [2.45, 2.75) is 13.0 Å². The number of rotatable bonds is 7. The minimum absolute atomic E-state index is 0.0425. The molecule has 0 aromatic heterocycles. The number of non-ortho nitro benzene ring substituents is 1. The lowest BCUT2D eigenvalue weighted by Gasteiger charge is -2.31. The molecule has 0 unspecified atom stereocenters. The van der Waals surface area contributed by atoms with Crippen LogP contribution in [0.4, 0.5) is 5.69 Å². The number of nitro groups is 1. The van der Waals surface area contributed by atoms with Crippen molar-refractivity contribution in [1.29, 1.82) is 0 Å². The predicted octanol–water partition coefficient (Wildman–Crippen LogP) is 2.67. The third-order valence-electron chi connectivity index (χ3n) is 6.41. The monoisotopic (exact) mass is 481 g/mol. The maximum absolute atomic E-state index is 13.2. The highest BCUT2D eigenvalue weighted by molar-refractivity contribution is 6.46.